The van der Waals surface area contributed by atoms with Crippen molar-refractivity contribution in [3.63, 3.8) is 0 Å². The van der Waals surface area contributed by atoms with Crippen LogP contribution in [0, 0.1) is 0 Å². The average Bonchev–Trinajstić information content (AvgIpc) is 1.78. The molecule has 0 spiro atoms. The minimum atomic E-state index is -0.427. The molecule has 0 saturated carbocycles. The summed E-state index contributed by atoms with van der Waals surface area (Å²) < 4.78 is 10.7. The highest BCUT2D eigenvalue weighted by Gasteiger charge is 2.39. The molecule has 0 aliphatic carbocycles. The maximum atomic E-state index is 5.46. The minimum absolute atomic E-state index is 0.219. The molecule has 0 amide bonds. The molecule has 1 fully saturated rings. The van der Waals surface area contributed by atoms with Gasteiger partial charge in [0.25, 0.3) is 0 Å². The van der Waals surface area contributed by atoms with Crippen LogP contribution in [0.25, 0.3) is 0 Å². The molecule has 1 radical (unpaired) electrons. The fraction of sp³-hybridized carbons (Fsp3) is 1.00. The molecular weight excluding hydrogens is 115 g/mol. The Balaban J connectivity index is 2.58. The molecule has 0 bridgehead atoms. The average molecular weight is 127 g/mol. The Hall–Kier alpha value is -0.0151. The maximum absolute atomic E-state index is 5.46. The molecule has 3 heteroatoms. The second kappa shape index (κ2) is 1.73. The minimum Gasteiger partial charge on any atom is -0.412 e. The van der Waals surface area contributed by atoms with Crippen LogP contribution in [0.2, 0.25) is 0 Å². The van der Waals surface area contributed by atoms with Crippen LogP contribution in [0.15, 0.2) is 0 Å². The first-order valence-corrected chi connectivity index (χ1v) is 3.14. The van der Waals surface area contributed by atoms with Gasteiger partial charge >= 0.3 is 7.48 Å². The summed E-state index contributed by atoms with van der Waals surface area (Å²) in [6.45, 7) is 7.75. The van der Waals surface area contributed by atoms with E-state index in [0.717, 1.165) is 0 Å². The molecular formula is C6H12BO2. The van der Waals surface area contributed by atoms with Crippen LogP contribution in [0.1, 0.15) is 27.7 Å². The van der Waals surface area contributed by atoms with Crippen LogP contribution in [0.5, 0.6) is 0 Å². The van der Waals surface area contributed by atoms with Crippen molar-refractivity contribution in [2.24, 2.45) is 0 Å². The third-order valence-corrected chi connectivity index (χ3v) is 1.14. The van der Waals surface area contributed by atoms with Crippen molar-refractivity contribution in [3.8, 4) is 0 Å². The molecule has 51 valence electrons. The van der Waals surface area contributed by atoms with Gasteiger partial charge in [0, 0.05) is 0 Å². The summed E-state index contributed by atoms with van der Waals surface area (Å²) in [6.07, 6.45) is 0. The zero-order valence-electron chi connectivity index (χ0n) is 6.39. The highest BCUT2D eigenvalue weighted by atomic mass is 16.7. The molecule has 1 aliphatic rings. The molecule has 1 saturated heterocycles. The number of ether oxygens (including phenoxy) is 1. The van der Waals surface area contributed by atoms with Gasteiger partial charge in [-0.15, -0.1) is 0 Å². The lowest BCUT2D eigenvalue weighted by molar-refractivity contribution is -0.148. The van der Waals surface area contributed by atoms with Crippen molar-refractivity contribution < 1.29 is 9.39 Å². The molecule has 0 N–H and O–H groups in total. The van der Waals surface area contributed by atoms with Crippen LogP contribution in [-0.2, 0) is 9.39 Å². The Bertz CT molecular complexity index is 106. The Morgan fingerprint density at radius 3 is 1.78 bits per heavy atom. The SMILES string of the molecule is CC1(C)[B]OC(C)(C)O1. The lowest BCUT2D eigenvalue weighted by atomic mass is 9.79. The fourth-order valence-electron chi connectivity index (χ4n) is 0.965. The van der Waals surface area contributed by atoms with Crippen LogP contribution in [-0.4, -0.2) is 18.8 Å². The zero-order valence-corrected chi connectivity index (χ0v) is 6.39. The monoisotopic (exact) mass is 127 g/mol. The van der Waals surface area contributed by atoms with Gasteiger partial charge in [-0.1, -0.05) is 0 Å². The van der Waals surface area contributed by atoms with Gasteiger partial charge in [0.15, 0.2) is 0 Å². The quantitative estimate of drug-likeness (QED) is 0.454. The van der Waals surface area contributed by atoms with Crippen molar-refractivity contribution >= 4 is 7.48 Å². The van der Waals surface area contributed by atoms with E-state index in [9.17, 15) is 0 Å². The van der Waals surface area contributed by atoms with Gasteiger partial charge in [-0.25, -0.2) is 0 Å². The first-order chi connectivity index (χ1) is 3.91. The zero-order chi connectivity index (χ0) is 7.12. The topological polar surface area (TPSA) is 18.5 Å². The van der Waals surface area contributed by atoms with Gasteiger partial charge < -0.3 is 9.39 Å². The smallest absolute Gasteiger partial charge is 0.331 e. The first kappa shape index (κ1) is 7.10. The first-order valence-electron chi connectivity index (χ1n) is 3.14. The molecule has 0 aromatic rings. The Labute approximate surface area is 56.8 Å². The van der Waals surface area contributed by atoms with Gasteiger partial charge in [-0.2, -0.15) is 0 Å². The largest absolute Gasteiger partial charge is 0.412 e. The molecule has 9 heavy (non-hydrogen) atoms. The Morgan fingerprint density at radius 1 is 1.11 bits per heavy atom. The molecule has 1 heterocycles. The van der Waals surface area contributed by atoms with E-state index in [-0.39, 0.29) is 5.50 Å². The highest BCUT2D eigenvalue weighted by Crippen LogP contribution is 2.27. The number of hydrogen-bond donors (Lipinski definition) is 0. The summed E-state index contributed by atoms with van der Waals surface area (Å²) in [6, 6.07) is 0. The van der Waals surface area contributed by atoms with Crippen molar-refractivity contribution in [1.29, 1.82) is 0 Å². The summed E-state index contributed by atoms with van der Waals surface area (Å²) in [5.74, 6) is -0.427. The van der Waals surface area contributed by atoms with Crippen molar-refractivity contribution in [2.45, 2.75) is 39.0 Å². The van der Waals surface area contributed by atoms with Crippen LogP contribution >= 0.6 is 0 Å². The van der Waals surface area contributed by atoms with E-state index < -0.39 is 5.79 Å². The van der Waals surface area contributed by atoms with Crippen LogP contribution < -0.4 is 0 Å². The highest BCUT2D eigenvalue weighted by molar-refractivity contribution is 6.32. The molecule has 2 nitrogen and oxygen atoms in total. The van der Waals surface area contributed by atoms with Crippen LogP contribution in [0.4, 0.5) is 0 Å². The van der Waals surface area contributed by atoms with Gasteiger partial charge in [-0.05, 0) is 27.7 Å². The van der Waals surface area contributed by atoms with Gasteiger partial charge in [0.05, 0.1) is 5.50 Å². The Morgan fingerprint density at radius 2 is 1.67 bits per heavy atom. The van der Waals surface area contributed by atoms with Gasteiger partial charge in [0.1, 0.15) is 5.79 Å². The second-order valence-electron chi connectivity index (χ2n) is 3.34. The number of rotatable bonds is 0. The summed E-state index contributed by atoms with van der Waals surface area (Å²) in [5, 5.41) is 0. The lowest BCUT2D eigenvalue weighted by Crippen LogP contribution is -2.27. The molecule has 0 aromatic carbocycles. The summed E-state index contributed by atoms with van der Waals surface area (Å²) >= 11 is 0. The molecule has 0 unspecified atom stereocenters. The van der Waals surface area contributed by atoms with Gasteiger partial charge in [-0.3, -0.25) is 0 Å². The maximum Gasteiger partial charge on any atom is 0.331 e. The van der Waals surface area contributed by atoms with Gasteiger partial charge in [0.2, 0.25) is 0 Å². The fourth-order valence-corrected chi connectivity index (χ4v) is 0.965. The van der Waals surface area contributed by atoms with E-state index in [0.29, 0.717) is 0 Å². The predicted molar refractivity (Wildman–Crippen MR) is 36.1 cm³/mol. The second-order valence-corrected chi connectivity index (χ2v) is 3.34. The molecule has 0 atom stereocenters. The van der Waals surface area contributed by atoms with E-state index in [1.165, 1.54) is 0 Å². The Kier molecular flexibility index (Phi) is 1.37. The van der Waals surface area contributed by atoms with E-state index in [1.807, 2.05) is 27.7 Å². The molecule has 1 aliphatic heterocycles. The van der Waals surface area contributed by atoms with E-state index in [4.69, 9.17) is 9.39 Å². The van der Waals surface area contributed by atoms with Crippen molar-refractivity contribution in [2.75, 3.05) is 0 Å². The number of hydrogen-bond acceptors (Lipinski definition) is 2. The van der Waals surface area contributed by atoms with Crippen LogP contribution in [0.3, 0.4) is 0 Å². The normalized spacial score (nSPS) is 29.8. The predicted octanol–water partition coefficient (Wildman–Crippen LogP) is 1.12. The standard InChI is InChI=1S/C6H12BO2/c1-5(2)7-9-6(3,4)8-5/h1-4H3. The van der Waals surface area contributed by atoms with Crippen molar-refractivity contribution in [3.05, 3.63) is 0 Å². The lowest BCUT2D eigenvalue weighted by Gasteiger charge is -2.21. The van der Waals surface area contributed by atoms with Crippen molar-refractivity contribution in [1.82, 2.24) is 0 Å². The summed E-state index contributed by atoms with van der Waals surface area (Å²) in [5.41, 5.74) is -0.219. The van der Waals surface area contributed by atoms with E-state index >= 15 is 0 Å². The van der Waals surface area contributed by atoms with E-state index in [2.05, 4.69) is 0 Å². The molecule has 0 aromatic heterocycles. The summed E-state index contributed by atoms with van der Waals surface area (Å²) in [4.78, 5) is 0. The third-order valence-electron chi connectivity index (χ3n) is 1.14. The third kappa shape index (κ3) is 1.70. The summed E-state index contributed by atoms with van der Waals surface area (Å²) in [7, 11) is 1.73. The van der Waals surface area contributed by atoms with E-state index in [1.54, 1.807) is 7.48 Å². The molecule has 1 rings (SSSR count).